The van der Waals surface area contributed by atoms with E-state index in [-0.39, 0.29) is 11.6 Å². The van der Waals surface area contributed by atoms with E-state index < -0.39 is 0 Å². The Kier molecular flexibility index (Phi) is 2.77. The summed E-state index contributed by atoms with van der Waals surface area (Å²) in [6.45, 7) is 0. The first-order valence-electron chi connectivity index (χ1n) is 4.83. The molecule has 0 heterocycles. The van der Waals surface area contributed by atoms with E-state index in [4.69, 9.17) is 4.74 Å². The quantitative estimate of drug-likeness (QED) is 0.838. The minimum atomic E-state index is -0.306. The van der Waals surface area contributed by atoms with Crippen LogP contribution < -0.4 is 4.74 Å². The second kappa shape index (κ2) is 4.23. The van der Waals surface area contributed by atoms with Gasteiger partial charge in [0.2, 0.25) is 0 Å². The maximum Gasteiger partial charge on any atom is 0.123 e. The van der Waals surface area contributed by atoms with E-state index >= 15 is 0 Å². The van der Waals surface area contributed by atoms with Crippen LogP contribution in [0.1, 0.15) is 0 Å². The molecule has 16 heavy (non-hydrogen) atoms. The van der Waals surface area contributed by atoms with Crippen molar-refractivity contribution in [1.82, 2.24) is 0 Å². The van der Waals surface area contributed by atoms with Gasteiger partial charge in [-0.25, -0.2) is 4.39 Å². The van der Waals surface area contributed by atoms with Gasteiger partial charge in [-0.2, -0.15) is 0 Å². The van der Waals surface area contributed by atoms with Crippen LogP contribution in [-0.4, -0.2) is 12.2 Å². The van der Waals surface area contributed by atoms with Crippen LogP contribution in [0.4, 0.5) is 4.39 Å². The van der Waals surface area contributed by atoms with Crippen LogP contribution in [0.5, 0.6) is 11.5 Å². The molecule has 2 nitrogen and oxygen atoms in total. The maximum atomic E-state index is 13.0. The number of hydrogen-bond acceptors (Lipinski definition) is 2. The summed E-state index contributed by atoms with van der Waals surface area (Å²) in [5.41, 5.74) is 1.42. The van der Waals surface area contributed by atoms with Crippen LogP contribution in [-0.2, 0) is 0 Å². The number of ether oxygens (including phenoxy) is 1. The number of phenols is 1. The molecule has 0 saturated carbocycles. The molecule has 3 heteroatoms. The van der Waals surface area contributed by atoms with E-state index in [0.717, 1.165) is 5.56 Å². The van der Waals surface area contributed by atoms with Crippen LogP contribution in [0, 0.1) is 5.82 Å². The molecule has 0 radical (unpaired) electrons. The predicted octanol–water partition coefficient (Wildman–Crippen LogP) is 3.21. The lowest BCUT2D eigenvalue weighted by atomic mass is 10.1. The van der Waals surface area contributed by atoms with Gasteiger partial charge in [0, 0.05) is 6.07 Å². The number of aromatic hydroxyl groups is 1. The third-order valence-electron chi connectivity index (χ3n) is 2.28. The van der Waals surface area contributed by atoms with Gasteiger partial charge in [0.15, 0.2) is 0 Å². The lowest BCUT2D eigenvalue weighted by Crippen LogP contribution is -1.85. The first-order valence-corrected chi connectivity index (χ1v) is 4.83. The molecule has 0 aliphatic rings. The molecule has 2 aromatic carbocycles. The molecule has 0 bridgehead atoms. The summed E-state index contributed by atoms with van der Waals surface area (Å²) in [5.74, 6) is 0.331. The van der Waals surface area contributed by atoms with Gasteiger partial charge in [-0.15, -0.1) is 0 Å². The van der Waals surface area contributed by atoms with Crippen LogP contribution in [0.2, 0.25) is 0 Å². The second-order valence-corrected chi connectivity index (χ2v) is 3.43. The van der Waals surface area contributed by atoms with Gasteiger partial charge in [-0.3, -0.25) is 0 Å². The zero-order valence-corrected chi connectivity index (χ0v) is 8.77. The van der Waals surface area contributed by atoms with Gasteiger partial charge >= 0.3 is 0 Å². The molecule has 0 aliphatic heterocycles. The van der Waals surface area contributed by atoms with E-state index in [1.54, 1.807) is 24.3 Å². The molecular weight excluding hydrogens is 207 g/mol. The van der Waals surface area contributed by atoms with Crippen LogP contribution >= 0.6 is 0 Å². The van der Waals surface area contributed by atoms with Crippen LogP contribution in [0.15, 0.2) is 42.5 Å². The number of rotatable bonds is 2. The fourth-order valence-corrected chi connectivity index (χ4v) is 1.54. The van der Waals surface area contributed by atoms with Crippen molar-refractivity contribution in [2.75, 3.05) is 7.11 Å². The Morgan fingerprint density at radius 1 is 1.06 bits per heavy atom. The van der Waals surface area contributed by atoms with Crippen LogP contribution in [0.3, 0.4) is 0 Å². The first kappa shape index (κ1) is 10.5. The highest BCUT2D eigenvalue weighted by molar-refractivity contribution is 5.67. The molecule has 0 fully saturated rings. The molecule has 0 amide bonds. The van der Waals surface area contributed by atoms with E-state index in [2.05, 4.69) is 0 Å². The van der Waals surface area contributed by atoms with Gasteiger partial charge in [0.1, 0.15) is 17.3 Å². The summed E-state index contributed by atoms with van der Waals surface area (Å²) in [5, 5.41) is 9.48. The fourth-order valence-electron chi connectivity index (χ4n) is 1.54. The predicted molar refractivity (Wildman–Crippen MR) is 60.1 cm³/mol. The Bertz CT molecular complexity index is 509. The van der Waals surface area contributed by atoms with E-state index in [1.807, 2.05) is 0 Å². The molecule has 0 saturated heterocycles. The molecule has 82 valence electrons. The summed E-state index contributed by atoms with van der Waals surface area (Å²) >= 11 is 0. The lowest BCUT2D eigenvalue weighted by Gasteiger charge is -2.06. The summed E-state index contributed by atoms with van der Waals surface area (Å²) < 4.78 is 18.1. The Hall–Kier alpha value is -2.03. The average Bonchev–Trinajstić information content (AvgIpc) is 2.28. The molecule has 0 unspecified atom stereocenters. The highest BCUT2D eigenvalue weighted by Gasteiger charge is 2.03. The van der Waals surface area contributed by atoms with Crippen molar-refractivity contribution in [2.24, 2.45) is 0 Å². The van der Waals surface area contributed by atoms with Crippen LogP contribution in [0.25, 0.3) is 11.1 Å². The van der Waals surface area contributed by atoms with Crippen molar-refractivity contribution in [1.29, 1.82) is 0 Å². The first-order chi connectivity index (χ1) is 7.69. The maximum absolute atomic E-state index is 13.0. The molecule has 0 atom stereocenters. The van der Waals surface area contributed by atoms with Crippen molar-refractivity contribution in [3.05, 3.63) is 48.3 Å². The zero-order chi connectivity index (χ0) is 11.5. The van der Waals surface area contributed by atoms with Gasteiger partial charge in [-0.1, -0.05) is 12.1 Å². The summed E-state index contributed by atoms with van der Waals surface area (Å²) in [7, 11) is 1.52. The van der Waals surface area contributed by atoms with E-state index in [1.165, 1.54) is 25.3 Å². The van der Waals surface area contributed by atoms with Gasteiger partial charge in [0.25, 0.3) is 0 Å². The second-order valence-electron chi connectivity index (χ2n) is 3.43. The van der Waals surface area contributed by atoms with Gasteiger partial charge in [0.05, 0.1) is 7.11 Å². The van der Waals surface area contributed by atoms with Gasteiger partial charge in [-0.05, 0) is 35.4 Å². The van der Waals surface area contributed by atoms with Crippen molar-refractivity contribution in [3.63, 3.8) is 0 Å². The molecule has 2 aromatic rings. The number of benzene rings is 2. The Labute approximate surface area is 92.9 Å². The average molecular weight is 218 g/mol. The van der Waals surface area contributed by atoms with Crippen molar-refractivity contribution < 1.29 is 14.2 Å². The standard InChI is InChI=1S/C13H11FO2/c1-16-13-7-10(6-12(15)8-13)9-3-2-4-11(14)5-9/h2-8,15H,1H3. The number of halogens is 1. The normalized spacial score (nSPS) is 10.1. The highest BCUT2D eigenvalue weighted by atomic mass is 19.1. The monoisotopic (exact) mass is 218 g/mol. The molecule has 0 aliphatic carbocycles. The SMILES string of the molecule is COc1cc(O)cc(-c2cccc(F)c2)c1. The number of hydrogen-bond donors (Lipinski definition) is 1. The summed E-state index contributed by atoms with van der Waals surface area (Å²) in [6.07, 6.45) is 0. The smallest absolute Gasteiger partial charge is 0.123 e. The highest BCUT2D eigenvalue weighted by Crippen LogP contribution is 2.29. The lowest BCUT2D eigenvalue weighted by molar-refractivity contribution is 0.408. The number of phenolic OH excluding ortho intramolecular Hbond substituents is 1. The van der Waals surface area contributed by atoms with Crippen molar-refractivity contribution >= 4 is 0 Å². The Balaban J connectivity index is 2.51. The molecule has 0 spiro atoms. The van der Waals surface area contributed by atoms with Crippen molar-refractivity contribution in [2.45, 2.75) is 0 Å². The Morgan fingerprint density at radius 3 is 2.56 bits per heavy atom. The fraction of sp³-hybridized carbons (Fsp3) is 0.0769. The Morgan fingerprint density at radius 2 is 1.88 bits per heavy atom. The molecular formula is C13H11FO2. The topological polar surface area (TPSA) is 29.5 Å². The summed E-state index contributed by atoms with van der Waals surface area (Å²) in [4.78, 5) is 0. The van der Waals surface area contributed by atoms with E-state index in [0.29, 0.717) is 11.3 Å². The molecule has 1 N–H and O–H groups in total. The van der Waals surface area contributed by atoms with Gasteiger partial charge < -0.3 is 9.84 Å². The minimum Gasteiger partial charge on any atom is -0.508 e. The third-order valence-corrected chi connectivity index (χ3v) is 2.28. The zero-order valence-electron chi connectivity index (χ0n) is 8.77. The third kappa shape index (κ3) is 2.14. The largest absolute Gasteiger partial charge is 0.508 e. The summed E-state index contributed by atoms with van der Waals surface area (Å²) in [6, 6.07) is 11.0. The van der Waals surface area contributed by atoms with Crippen molar-refractivity contribution in [3.8, 4) is 22.6 Å². The molecule has 2 rings (SSSR count). The number of methoxy groups -OCH3 is 1. The molecule has 0 aromatic heterocycles. The minimum absolute atomic E-state index is 0.0959. The van der Waals surface area contributed by atoms with E-state index in [9.17, 15) is 9.50 Å².